The Hall–Kier alpha value is -2.56. The van der Waals surface area contributed by atoms with Crippen LogP contribution in [0.1, 0.15) is 24.5 Å². The predicted molar refractivity (Wildman–Crippen MR) is 85.3 cm³/mol. The molecule has 0 fully saturated rings. The Morgan fingerprint density at radius 3 is 2.79 bits per heavy atom. The summed E-state index contributed by atoms with van der Waals surface area (Å²) in [5, 5.41) is 15.7. The highest BCUT2D eigenvalue weighted by molar-refractivity contribution is 9.10. The van der Waals surface area contributed by atoms with E-state index in [2.05, 4.69) is 36.3 Å². The van der Waals surface area contributed by atoms with Gasteiger partial charge in [0.25, 0.3) is 11.7 Å². The number of aliphatic carboxylic acids is 1. The summed E-state index contributed by atoms with van der Waals surface area (Å²) < 4.78 is 1.97. The number of carbonyl (C=O) groups is 3. The molecule has 10 nitrogen and oxygen atoms in total. The summed E-state index contributed by atoms with van der Waals surface area (Å²) in [7, 11) is 0. The molecule has 0 saturated carbocycles. The van der Waals surface area contributed by atoms with Gasteiger partial charge in [0.15, 0.2) is 0 Å². The summed E-state index contributed by atoms with van der Waals surface area (Å²) in [4.78, 5) is 43.9. The number of amides is 2. The summed E-state index contributed by atoms with van der Waals surface area (Å²) in [5.74, 6) is -2.05. The van der Waals surface area contributed by atoms with Crippen molar-refractivity contribution < 1.29 is 19.5 Å². The minimum absolute atomic E-state index is 0.0125. The molecule has 2 aromatic heterocycles. The SMILES string of the molecule is CC(=O)NCCN(C(=O)c1nc2ncc(Br)cn2n1)C(C)C(=O)O. The summed E-state index contributed by atoms with van der Waals surface area (Å²) in [6.07, 6.45) is 3.08. The lowest BCUT2D eigenvalue weighted by Crippen LogP contribution is -2.47. The molecule has 2 rings (SSSR count). The van der Waals surface area contributed by atoms with Crippen LogP contribution in [0.4, 0.5) is 0 Å². The predicted octanol–water partition coefficient (Wildman–Crippen LogP) is -0.0618. The molecule has 11 heteroatoms. The van der Waals surface area contributed by atoms with Crippen molar-refractivity contribution >= 4 is 39.5 Å². The third kappa shape index (κ3) is 4.04. The lowest BCUT2D eigenvalue weighted by Gasteiger charge is -2.25. The van der Waals surface area contributed by atoms with Crippen molar-refractivity contribution in [3.05, 3.63) is 22.7 Å². The van der Waals surface area contributed by atoms with Crippen LogP contribution in [0.15, 0.2) is 16.9 Å². The first-order valence-corrected chi connectivity index (χ1v) is 7.75. The van der Waals surface area contributed by atoms with E-state index < -0.39 is 17.9 Å². The fourth-order valence-electron chi connectivity index (χ4n) is 1.94. The Kier molecular flexibility index (Phi) is 5.44. The van der Waals surface area contributed by atoms with Gasteiger partial charge in [-0.1, -0.05) is 0 Å². The number of hydrogen-bond acceptors (Lipinski definition) is 6. The third-order valence-corrected chi connectivity index (χ3v) is 3.58. The number of aromatic nitrogens is 4. The number of carbonyl (C=O) groups excluding carboxylic acids is 2. The fraction of sp³-hybridized carbons (Fsp3) is 0.385. The van der Waals surface area contributed by atoms with Gasteiger partial charge in [0.2, 0.25) is 11.7 Å². The van der Waals surface area contributed by atoms with Gasteiger partial charge in [-0.3, -0.25) is 9.59 Å². The minimum Gasteiger partial charge on any atom is -0.480 e. The molecule has 0 saturated heterocycles. The molecule has 2 amide bonds. The topological polar surface area (TPSA) is 130 Å². The van der Waals surface area contributed by atoms with Crippen molar-refractivity contribution in [2.45, 2.75) is 19.9 Å². The van der Waals surface area contributed by atoms with Gasteiger partial charge in [0, 0.05) is 32.4 Å². The highest BCUT2D eigenvalue weighted by Crippen LogP contribution is 2.10. The smallest absolute Gasteiger partial charge is 0.326 e. The molecule has 0 spiro atoms. The van der Waals surface area contributed by atoms with Crippen molar-refractivity contribution in [2.75, 3.05) is 13.1 Å². The molecular formula is C13H15BrN6O4. The molecule has 0 aliphatic rings. The average molecular weight is 399 g/mol. The van der Waals surface area contributed by atoms with Crippen molar-refractivity contribution in [1.29, 1.82) is 0 Å². The number of nitrogens with one attached hydrogen (secondary N) is 1. The zero-order valence-corrected chi connectivity index (χ0v) is 14.5. The summed E-state index contributed by atoms with van der Waals surface area (Å²) in [5.41, 5.74) is 0. The molecule has 128 valence electrons. The molecule has 0 aliphatic carbocycles. The van der Waals surface area contributed by atoms with Crippen LogP contribution in [0.5, 0.6) is 0 Å². The average Bonchev–Trinajstić information content (AvgIpc) is 2.93. The molecule has 0 aliphatic heterocycles. The van der Waals surface area contributed by atoms with Crippen LogP contribution < -0.4 is 5.32 Å². The molecule has 2 heterocycles. The van der Waals surface area contributed by atoms with Gasteiger partial charge in [-0.2, -0.15) is 4.98 Å². The van der Waals surface area contributed by atoms with Gasteiger partial charge in [-0.15, -0.1) is 5.10 Å². The van der Waals surface area contributed by atoms with Crippen LogP contribution in [0, 0.1) is 0 Å². The maximum absolute atomic E-state index is 12.6. The van der Waals surface area contributed by atoms with Crippen molar-refractivity contribution in [3.63, 3.8) is 0 Å². The first kappa shape index (κ1) is 17.8. The molecule has 0 bridgehead atoms. The lowest BCUT2D eigenvalue weighted by atomic mass is 10.2. The van der Waals surface area contributed by atoms with Crippen LogP contribution in [0.2, 0.25) is 0 Å². The van der Waals surface area contributed by atoms with E-state index in [9.17, 15) is 19.5 Å². The molecule has 0 radical (unpaired) electrons. The number of halogens is 1. The van der Waals surface area contributed by atoms with Crippen LogP contribution in [-0.2, 0) is 9.59 Å². The second-order valence-electron chi connectivity index (χ2n) is 4.95. The van der Waals surface area contributed by atoms with Crippen LogP contribution >= 0.6 is 15.9 Å². The van der Waals surface area contributed by atoms with Gasteiger partial charge in [-0.25, -0.2) is 14.3 Å². The Morgan fingerprint density at radius 1 is 1.46 bits per heavy atom. The molecule has 1 atom stereocenters. The van der Waals surface area contributed by atoms with E-state index in [-0.39, 0.29) is 30.6 Å². The van der Waals surface area contributed by atoms with Crippen molar-refractivity contribution in [1.82, 2.24) is 29.8 Å². The Morgan fingerprint density at radius 2 is 2.17 bits per heavy atom. The van der Waals surface area contributed by atoms with E-state index in [0.717, 1.165) is 4.90 Å². The third-order valence-electron chi connectivity index (χ3n) is 3.17. The van der Waals surface area contributed by atoms with Crippen LogP contribution in [0.25, 0.3) is 5.78 Å². The monoisotopic (exact) mass is 398 g/mol. The van der Waals surface area contributed by atoms with Gasteiger partial charge in [0.05, 0.1) is 4.47 Å². The molecule has 1 unspecified atom stereocenters. The molecular weight excluding hydrogens is 384 g/mol. The highest BCUT2D eigenvalue weighted by atomic mass is 79.9. The number of fused-ring (bicyclic) bond motifs is 1. The van der Waals surface area contributed by atoms with Crippen molar-refractivity contribution in [3.8, 4) is 0 Å². The maximum atomic E-state index is 12.6. The summed E-state index contributed by atoms with van der Waals surface area (Å²) >= 11 is 3.23. The quantitative estimate of drug-likeness (QED) is 0.696. The van der Waals surface area contributed by atoms with Crippen LogP contribution in [-0.4, -0.2) is 66.5 Å². The highest BCUT2D eigenvalue weighted by Gasteiger charge is 2.29. The van der Waals surface area contributed by atoms with E-state index in [4.69, 9.17) is 0 Å². The number of carboxylic acids is 1. The number of rotatable bonds is 6. The number of carboxylic acid groups (broad SMARTS) is 1. The summed E-state index contributed by atoms with van der Waals surface area (Å²) in [6, 6.07) is -1.10. The Labute approximate surface area is 145 Å². The first-order valence-electron chi connectivity index (χ1n) is 6.95. The van der Waals surface area contributed by atoms with E-state index in [1.54, 1.807) is 6.20 Å². The van der Waals surface area contributed by atoms with Crippen LogP contribution in [0.3, 0.4) is 0 Å². The van der Waals surface area contributed by atoms with Gasteiger partial charge in [-0.05, 0) is 22.9 Å². The number of hydrogen-bond donors (Lipinski definition) is 2. The zero-order valence-electron chi connectivity index (χ0n) is 12.9. The Balaban J connectivity index is 2.26. The zero-order chi connectivity index (χ0) is 17.9. The minimum atomic E-state index is -1.17. The van der Waals surface area contributed by atoms with Gasteiger partial charge < -0.3 is 15.3 Å². The van der Waals surface area contributed by atoms with E-state index in [1.807, 2.05) is 0 Å². The van der Waals surface area contributed by atoms with Gasteiger partial charge in [0.1, 0.15) is 6.04 Å². The fourth-order valence-corrected chi connectivity index (χ4v) is 2.23. The van der Waals surface area contributed by atoms with Gasteiger partial charge >= 0.3 is 5.97 Å². The van der Waals surface area contributed by atoms with Crippen molar-refractivity contribution in [2.24, 2.45) is 0 Å². The largest absolute Gasteiger partial charge is 0.480 e. The normalized spacial score (nSPS) is 12.0. The first-order chi connectivity index (χ1) is 11.3. The standard InChI is InChI=1S/C13H15BrN6O4/c1-7(12(23)24)19(4-3-15-8(2)21)11(22)10-17-13-16-5-9(14)6-20(13)18-10/h5-7H,3-4H2,1-2H3,(H,15,21)(H,23,24). The maximum Gasteiger partial charge on any atom is 0.326 e. The van der Waals surface area contributed by atoms with E-state index >= 15 is 0 Å². The molecule has 24 heavy (non-hydrogen) atoms. The molecule has 0 aromatic carbocycles. The second-order valence-corrected chi connectivity index (χ2v) is 5.86. The Bertz CT molecular complexity index is 792. The number of nitrogens with zero attached hydrogens (tertiary/aromatic N) is 5. The molecule has 2 N–H and O–H groups in total. The molecule has 2 aromatic rings. The summed E-state index contributed by atoms with van der Waals surface area (Å²) in [6.45, 7) is 2.84. The second kappa shape index (κ2) is 7.34. The van der Waals surface area contributed by atoms with E-state index in [0.29, 0.717) is 4.47 Å². The van der Waals surface area contributed by atoms with E-state index in [1.165, 1.54) is 24.6 Å². The lowest BCUT2D eigenvalue weighted by molar-refractivity contribution is -0.141.